The van der Waals surface area contributed by atoms with Crippen molar-refractivity contribution in [3.8, 4) is 11.5 Å². The van der Waals surface area contributed by atoms with E-state index >= 15 is 0 Å². The first kappa shape index (κ1) is 66.7. The Kier molecular flexibility index (Phi) is 22.7. The van der Waals surface area contributed by atoms with Crippen LogP contribution in [0.5, 0.6) is 11.5 Å². The number of nitrogens with zero attached hydrogens (tertiary/aromatic N) is 5. The topological polar surface area (TPSA) is 287 Å². The van der Waals surface area contributed by atoms with Gasteiger partial charge >= 0.3 is 18.2 Å². The highest BCUT2D eigenvalue weighted by molar-refractivity contribution is 7.17. The summed E-state index contributed by atoms with van der Waals surface area (Å²) >= 11 is 8.09. The van der Waals surface area contributed by atoms with Crippen LogP contribution in [0.4, 0.5) is 25.8 Å². The molecule has 0 aliphatic carbocycles. The number of aryl methyl sites for hydroxylation is 1. The maximum absolute atomic E-state index is 14.5. The zero-order chi connectivity index (χ0) is 64.1. The molecular weight excluding hydrogens is 1180 g/mol. The predicted octanol–water partition coefficient (Wildman–Crippen LogP) is 8.37. The van der Waals surface area contributed by atoms with Gasteiger partial charge in [0.1, 0.15) is 36.7 Å². The van der Waals surface area contributed by atoms with Gasteiger partial charge in [-0.1, -0.05) is 46.2 Å². The van der Waals surface area contributed by atoms with Crippen molar-refractivity contribution in [1.82, 2.24) is 40.5 Å². The number of hydrogen-bond acceptors (Lipinski definition) is 14. The molecule has 2 aromatic heterocycles. The lowest BCUT2D eigenvalue weighted by atomic mass is 9.92. The highest BCUT2D eigenvalue weighted by Gasteiger charge is 2.38. The monoisotopic (exact) mass is 1260 g/mol. The second-order valence-electron chi connectivity index (χ2n) is 24.3. The minimum atomic E-state index is -1.07. The number of nitrogens with one attached hydrogen (secondary N) is 5. The quantitative estimate of drug-likeness (QED) is 0.0149. The number of halogens is 1. The molecule has 0 spiro atoms. The zero-order valence-corrected chi connectivity index (χ0v) is 53.2. The number of aromatic nitrogens is 1. The molecular formula is C64H82ClN11O12S. The molecule has 5 heterocycles. The number of ether oxygens (including phenoxy) is 3. The van der Waals surface area contributed by atoms with Crippen molar-refractivity contribution < 1.29 is 57.4 Å². The number of imide groups is 1. The lowest BCUT2D eigenvalue weighted by molar-refractivity contribution is -0.137. The number of unbranched alkanes of at least 4 members (excludes halogenated alkanes) is 2. The van der Waals surface area contributed by atoms with E-state index in [1.807, 2.05) is 50.4 Å². The van der Waals surface area contributed by atoms with Gasteiger partial charge in [-0.3, -0.25) is 38.6 Å². The highest BCUT2D eigenvalue weighted by Crippen LogP contribution is 2.49. The van der Waals surface area contributed by atoms with Crippen molar-refractivity contribution in [3.63, 3.8) is 0 Å². The van der Waals surface area contributed by atoms with Crippen molar-refractivity contribution >= 4 is 109 Å². The molecule has 478 valence electrons. The number of H-pyrrole nitrogens is 1. The maximum atomic E-state index is 14.5. The molecule has 0 saturated carbocycles. The normalized spacial score (nSPS) is 15.5. The fourth-order valence-corrected chi connectivity index (χ4v) is 12.8. The molecule has 3 atom stereocenters. The van der Waals surface area contributed by atoms with Gasteiger partial charge in [-0.25, -0.2) is 14.4 Å². The predicted molar refractivity (Wildman–Crippen MR) is 341 cm³/mol. The summed E-state index contributed by atoms with van der Waals surface area (Å²) in [5.74, 6) is -1.65. The number of aromatic amines is 1. The van der Waals surface area contributed by atoms with Crippen LogP contribution in [-0.2, 0) is 35.3 Å². The van der Waals surface area contributed by atoms with Crippen LogP contribution in [0.25, 0.3) is 21.0 Å². The SMILES string of the molecule is Cc1csc2c(OC(=O)N(C)CC(C)(C)CN(C)C(=O)OCc3ccc(NC(=O)C(CCCNC(N)=O)NC(=O)[C@@H](NC(=O)CCCCCN4C(=O)C=CC4=O)C(C)C)cc3)cc3c(c12)C(CCl)CN3C(=O)c1cc2cc(OCCN3CCCC3)ccc2[nH]1. The van der Waals surface area contributed by atoms with Gasteiger partial charge in [0.2, 0.25) is 17.7 Å². The number of nitrogens with two attached hydrogens (primary N) is 1. The first-order chi connectivity index (χ1) is 42.5. The number of anilines is 2. The second-order valence-corrected chi connectivity index (χ2v) is 25.5. The van der Waals surface area contributed by atoms with Gasteiger partial charge in [0, 0.05) is 117 Å². The number of carbonyl (C=O) groups is 9. The van der Waals surface area contributed by atoms with Gasteiger partial charge in [0.25, 0.3) is 17.7 Å². The first-order valence-corrected chi connectivity index (χ1v) is 31.7. The molecule has 5 aromatic rings. The van der Waals surface area contributed by atoms with Crippen LogP contribution in [-0.4, -0.2) is 169 Å². The lowest BCUT2D eigenvalue weighted by Gasteiger charge is -2.33. The minimum Gasteiger partial charge on any atom is -0.492 e. The molecule has 0 radical (unpaired) electrons. The van der Waals surface area contributed by atoms with E-state index in [9.17, 15) is 43.2 Å². The average Bonchev–Trinajstić information content (AvgIpc) is 1.61. The van der Waals surface area contributed by atoms with Crippen molar-refractivity contribution in [2.45, 2.75) is 111 Å². The van der Waals surface area contributed by atoms with Crippen LogP contribution < -0.4 is 41.4 Å². The smallest absolute Gasteiger partial charge is 0.415 e. The first-order valence-electron chi connectivity index (χ1n) is 30.3. The summed E-state index contributed by atoms with van der Waals surface area (Å²) in [6, 6.07) is 13.2. The standard InChI is InChI=1S/C64H82ClN11O12S/c1-39(2)56(71-51(77)15-9-8-10-27-75-52(78)22-23-53(75)79)59(81)70-47(14-13-24-67-61(66)83)58(80)68-44-18-16-41(17-19-44)35-87-62(84)72(6)37-64(4,5)38-73(7)63(85)88-50-32-49-55(54-40(3)36-89-57(50)54)43(33-65)34-76(49)60(82)48-31-42-30-45(20-21-46(42)69-48)86-29-28-74-25-11-12-26-74/h16-23,30-32,36,39,43,47,56,69H,8-15,24-29,33-35,37-38H2,1-7H3,(H,68,80)(H,70,81)(H,71,77)(H3,66,67,83)/t43?,47?,56-/m0/s1. The van der Waals surface area contributed by atoms with Crippen molar-refractivity contribution in [1.29, 1.82) is 0 Å². The molecule has 89 heavy (non-hydrogen) atoms. The van der Waals surface area contributed by atoms with Crippen LogP contribution in [0.1, 0.15) is 112 Å². The van der Waals surface area contributed by atoms with E-state index in [4.69, 9.17) is 31.5 Å². The molecule has 3 aromatic carbocycles. The molecule has 3 aliphatic heterocycles. The Hall–Kier alpha value is -8.22. The molecule has 7 N–H and O–H groups in total. The number of hydrogen-bond donors (Lipinski definition) is 6. The summed E-state index contributed by atoms with van der Waals surface area (Å²) in [4.78, 5) is 129. The van der Waals surface area contributed by atoms with Crippen LogP contribution in [0, 0.1) is 18.3 Å². The van der Waals surface area contributed by atoms with Crippen molar-refractivity contribution in [2.24, 2.45) is 17.1 Å². The van der Waals surface area contributed by atoms with Gasteiger partial charge < -0.3 is 60.9 Å². The number of primary amides is 1. The molecule has 0 bridgehead atoms. The van der Waals surface area contributed by atoms with E-state index in [1.54, 1.807) is 63.2 Å². The lowest BCUT2D eigenvalue weighted by Crippen LogP contribution is -2.54. The third-order valence-corrected chi connectivity index (χ3v) is 17.5. The summed E-state index contributed by atoms with van der Waals surface area (Å²) in [6.07, 6.45) is 5.71. The van der Waals surface area contributed by atoms with Gasteiger partial charge in [-0.05, 0) is 123 Å². The van der Waals surface area contributed by atoms with Crippen molar-refractivity contribution in [2.75, 3.05) is 89.2 Å². The third kappa shape index (κ3) is 17.6. The van der Waals surface area contributed by atoms with E-state index in [0.29, 0.717) is 60.8 Å². The fraction of sp³-hybridized carbons (Fsp3) is 0.484. The molecule has 10 amide bonds. The average molecular weight is 1260 g/mol. The van der Waals surface area contributed by atoms with E-state index in [1.165, 1.54) is 46.1 Å². The Bertz CT molecular complexity index is 3430. The van der Waals surface area contributed by atoms with Crippen molar-refractivity contribution in [3.05, 3.63) is 94.5 Å². The Labute approximate surface area is 527 Å². The molecule has 25 heteroatoms. The maximum Gasteiger partial charge on any atom is 0.415 e. The molecule has 2 unspecified atom stereocenters. The number of fused-ring (bicyclic) bond motifs is 4. The zero-order valence-electron chi connectivity index (χ0n) is 51.7. The number of benzene rings is 3. The summed E-state index contributed by atoms with van der Waals surface area (Å²) in [7, 11) is 3.23. The number of carbonyl (C=O) groups excluding carboxylic acids is 9. The Morgan fingerprint density at radius 2 is 1.57 bits per heavy atom. The van der Waals surface area contributed by atoms with Gasteiger partial charge in [0.05, 0.1) is 10.4 Å². The molecule has 3 aliphatic rings. The fourth-order valence-electron chi connectivity index (χ4n) is 11.6. The number of thiophene rings is 1. The van der Waals surface area contributed by atoms with Crippen LogP contribution >= 0.6 is 22.9 Å². The Morgan fingerprint density at radius 3 is 2.26 bits per heavy atom. The van der Waals surface area contributed by atoms with Gasteiger partial charge in [0.15, 0.2) is 5.75 Å². The minimum absolute atomic E-state index is 0.0977. The number of urea groups is 1. The summed E-state index contributed by atoms with van der Waals surface area (Å²) in [6.45, 7) is 14.0. The van der Waals surface area contributed by atoms with E-state index < -0.39 is 47.5 Å². The van der Waals surface area contributed by atoms with Gasteiger partial charge in [-0.15, -0.1) is 22.9 Å². The van der Waals surface area contributed by atoms with Crippen LogP contribution in [0.15, 0.2) is 72.1 Å². The molecule has 1 saturated heterocycles. The van der Waals surface area contributed by atoms with Crippen LogP contribution in [0.2, 0.25) is 0 Å². The summed E-state index contributed by atoms with van der Waals surface area (Å²) in [5, 5.41) is 14.6. The van der Waals surface area contributed by atoms with E-state index in [2.05, 4.69) is 31.2 Å². The largest absolute Gasteiger partial charge is 0.492 e. The van der Waals surface area contributed by atoms with Crippen LogP contribution in [0.3, 0.4) is 0 Å². The number of rotatable bonds is 29. The van der Waals surface area contributed by atoms with Gasteiger partial charge in [-0.2, -0.15) is 0 Å². The number of alkyl halides is 1. The molecule has 1 fully saturated rings. The molecule has 8 rings (SSSR count). The highest BCUT2D eigenvalue weighted by atomic mass is 35.5. The number of amides is 10. The third-order valence-electron chi connectivity index (χ3n) is 16.0. The number of likely N-dealkylation sites (tertiary alicyclic amines) is 1. The molecule has 23 nitrogen and oxygen atoms in total. The Balaban J connectivity index is 0.819. The Morgan fingerprint density at radius 1 is 0.865 bits per heavy atom. The summed E-state index contributed by atoms with van der Waals surface area (Å²) < 4.78 is 18.7. The summed E-state index contributed by atoms with van der Waals surface area (Å²) in [5.41, 5.74) is 9.34. The van der Waals surface area contributed by atoms with E-state index in [-0.39, 0.29) is 93.4 Å². The second kappa shape index (κ2) is 30.3. The van der Waals surface area contributed by atoms with E-state index in [0.717, 1.165) is 62.4 Å².